The lowest BCUT2D eigenvalue weighted by atomic mass is 9.93. The molecule has 2 aromatic heterocycles. The lowest BCUT2D eigenvalue weighted by Gasteiger charge is -2.16. The van der Waals surface area contributed by atoms with Gasteiger partial charge in [-0.1, -0.05) is 23.7 Å². The van der Waals surface area contributed by atoms with E-state index in [0.717, 1.165) is 46.1 Å². The lowest BCUT2D eigenvalue weighted by molar-refractivity contribution is 0.585. The topological polar surface area (TPSA) is 38.7 Å². The standard InChI is InChI=1S/C28H18ClF2N3/c29-19-5-8-21-16(12-19)3-7-23(21)27-24-13-17(22-9-6-20(30)14-25(22)31)4-10-26(24)33-28(34-27)18-2-1-11-32-15-18/h1-2,4-6,8-15,23H,3,7H2. The molecule has 3 nitrogen and oxygen atoms in total. The van der Waals surface area contributed by atoms with Crippen molar-refractivity contribution in [1.29, 1.82) is 0 Å². The average molecular weight is 470 g/mol. The van der Waals surface area contributed by atoms with E-state index in [2.05, 4.69) is 11.1 Å². The molecule has 0 spiro atoms. The molecule has 0 radical (unpaired) electrons. The van der Waals surface area contributed by atoms with Crippen LogP contribution in [0.2, 0.25) is 5.02 Å². The highest BCUT2D eigenvalue weighted by atomic mass is 35.5. The summed E-state index contributed by atoms with van der Waals surface area (Å²) in [7, 11) is 0. The highest BCUT2D eigenvalue weighted by molar-refractivity contribution is 6.30. The summed E-state index contributed by atoms with van der Waals surface area (Å²) < 4.78 is 28.1. The van der Waals surface area contributed by atoms with Gasteiger partial charge in [-0.25, -0.2) is 18.7 Å². The molecule has 6 rings (SSSR count). The predicted molar refractivity (Wildman–Crippen MR) is 130 cm³/mol. The molecule has 0 N–H and O–H groups in total. The second-order valence-corrected chi connectivity index (χ2v) is 8.90. The number of nitrogens with zero attached hydrogens (tertiary/aromatic N) is 3. The van der Waals surface area contributed by atoms with Crippen molar-refractivity contribution in [2.75, 3.05) is 0 Å². The van der Waals surface area contributed by atoms with Crippen molar-refractivity contribution in [3.8, 4) is 22.5 Å². The van der Waals surface area contributed by atoms with Crippen LogP contribution in [-0.2, 0) is 6.42 Å². The zero-order chi connectivity index (χ0) is 23.2. The molecular weight excluding hydrogens is 452 g/mol. The van der Waals surface area contributed by atoms with Gasteiger partial charge in [0.1, 0.15) is 11.6 Å². The molecule has 6 heteroatoms. The van der Waals surface area contributed by atoms with Crippen LogP contribution in [0.15, 0.2) is 79.1 Å². The Morgan fingerprint density at radius 2 is 1.79 bits per heavy atom. The molecule has 0 amide bonds. The minimum absolute atomic E-state index is 0.0569. The summed E-state index contributed by atoms with van der Waals surface area (Å²) in [4.78, 5) is 14.0. The van der Waals surface area contributed by atoms with Gasteiger partial charge in [0.05, 0.1) is 11.2 Å². The summed E-state index contributed by atoms with van der Waals surface area (Å²) in [6.07, 6.45) is 5.26. The van der Waals surface area contributed by atoms with E-state index in [1.54, 1.807) is 12.4 Å². The van der Waals surface area contributed by atoms with Crippen LogP contribution >= 0.6 is 11.6 Å². The molecule has 0 saturated heterocycles. The highest BCUT2D eigenvalue weighted by Gasteiger charge is 2.28. The second-order valence-electron chi connectivity index (χ2n) is 8.46. The Labute approximate surface area is 200 Å². The number of rotatable bonds is 3. The third kappa shape index (κ3) is 3.62. The Morgan fingerprint density at radius 3 is 2.62 bits per heavy atom. The molecule has 0 aliphatic heterocycles. The molecule has 1 aliphatic rings. The Kier molecular flexibility index (Phi) is 5.07. The van der Waals surface area contributed by atoms with Crippen molar-refractivity contribution in [2.24, 2.45) is 0 Å². The summed E-state index contributed by atoms with van der Waals surface area (Å²) in [5.41, 5.74) is 5.87. The molecule has 34 heavy (non-hydrogen) atoms. The fourth-order valence-corrected chi connectivity index (χ4v) is 5.00. The molecule has 0 saturated carbocycles. The molecule has 1 aliphatic carbocycles. The van der Waals surface area contributed by atoms with Gasteiger partial charge in [0, 0.05) is 45.9 Å². The SMILES string of the molecule is Fc1ccc(-c2ccc3nc(-c4cccnc4)nc(C4CCc5cc(Cl)ccc54)c3c2)c(F)c1. The second kappa shape index (κ2) is 8.26. The highest BCUT2D eigenvalue weighted by Crippen LogP contribution is 2.42. The number of hydrogen-bond donors (Lipinski definition) is 0. The summed E-state index contributed by atoms with van der Waals surface area (Å²) in [5, 5.41) is 1.57. The van der Waals surface area contributed by atoms with Gasteiger partial charge in [-0.15, -0.1) is 0 Å². The fraction of sp³-hybridized carbons (Fsp3) is 0.107. The van der Waals surface area contributed by atoms with Gasteiger partial charge in [-0.2, -0.15) is 0 Å². The normalized spacial score (nSPS) is 15.0. The summed E-state index contributed by atoms with van der Waals surface area (Å²) in [5.74, 6) is -0.553. The maximum Gasteiger partial charge on any atom is 0.161 e. The van der Waals surface area contributed by atoms with Gasteiger partial charge in [0.2, 0.25) is 0 Å². The third-order valence-electron chi connectivity index (χ3n) is 6.40. The first-order valence-electron chi connectivity index (χ1n) is 11.0. The van der Waals surface area contributed by atoms with Gasteiger partial charge in [0.15, 0.2) is 5.82 Å². The largest absolute Gasteiger partial charge is 0.264 e. The first-order valence-corrected chi connectivity index (χ1v) is 11.4. The van der Waals surface area contributed by atoms with E-state index in [-0.39, 0.29) is 5.92 Å². The first-order chi connectivity index (χ1) is 16.6. The van der Waals surface area contributed by atoms with Crippen molar-refractivity contribution in [2.45, 2.75) is 18.8 Å². The van der Waals surface area contributed by atoms with E-state index in [1.807, 2.05) is 42.5 Å². The van der Waals surface area contributed by atoms with Gasteiger partial charge in [0.25, 0.3) is 0 Å². The minimum Gasteiger partial charge on any atom is -0.264 e. The van der Waals surface area contributed by atoms with E-state index in [1.165, 1.54) is 23.3 Å². The van der Waals surface area contributed by atoms with Gasteiger partial charge in [-0.05, 0) is 78.1 Å². The number of aromatic nitrogens is 3. The zero-order valence-electron chi connectivity index (χ0n) is 18.0. The number of aryl methyl sites for hydroxylation is 1. The monoisotopic (exact) mass is 469 g/mol. The van der Waals surface area contributed by atoms with Crippen LogP contribution in [0, 0.1) is 11.6 Å². The van der Waals surface area contributed by atoms with E-state index in [4.69, 9.17) is 21.6 Å². The van der Waals surface area contributed by atoms with Crippen molar-refractivity contribution >= 4 is 22.5 Å². The van der Waals surface area contributed by atoms with Crippen molar-refractivity contribution in [3.05, 3.63) is 113 Å². The molecule has 1 unspecified atom stereocenters. The first kappa shape index (κ1) is 20.9. The lowest BCUT2D eigenvalue weighted by Crippen LogP contribution is -2.04. The molecule has 166 valence electrons. The smallest absolute Gasteiger partial charge is 0.161 e. The van der Waals surface area contributed by atoms with Crippen LogP contribution in [0.4, 0.5) is 8.78 Å². The molecule has 0 fully saturated rings. The van der Waals surface area contributed by atoms with E-state index in [0.29, 0.717) is 17.0 Å². The van der Waals surface area contributed by atoms with Gasteiger partial charge >= 0.3 is 0 Å². The predicted octanol–water partition coefficient (Wildman–Crippen LogP) is 7.37. The number of halogens is 3. The van der Waals surface area contributed by atoms with Gasteiger partial charge < -0.3 is 0 Å². The molecule has 0 bridgehead atoms. The van der Waals surface area contributed by atoms with Crippen LogP contribution < -0.4 is 0 Å². The van der Waals surface area contributed by atoms with Crippen LogP contribution in [0.1, 0.15) is 29.2 Å². The number of hydrogen-bond acceptors (Lipinski definition) is 3. The summed E-state index contributed by atoms with van der Waals surface area (Å²) in [6, 6.07) is 19.0. The summed E-state index contributed by atoms with van der Waals surface area (Å²) >= 11 is 6.24. The number of fused-ring (bicyclic) bond motifs is 2. The Bertz CT molecular complexity index is 1550. The average Bonchev–Trinajstić information content (AvgIpc) is 3.26. The quantitative estimate of drug-likeness (QED) is 0.277. The minimum atomic E-state index is -0.603. The molecule has 5 aromatic rings. The zero-order valence-corrected chi connectivity index (χ0v) is 18.7. The molecule has 2 heterocycles. The Balaban J connectivity index is 1.58. The van der Waals surface area contributed by atoms with Crippen molar-refractivity contribution in [3.63, 3.8) is 0 Å². The van der Waals surface area contributed by atoms with Crippen molar-refractivity contribution in [1.82, 2.24) is 15.0 Å². The van der Waals surface area contributed by atoms with Crippen LogP contribution in [0.5, 0.6) is 0 Å². The molecule has 1 atom stereocenters. The van der Waals surface area contributed by atoms with E-state index < -0.39 is 11.6 Å². The van der Waals surface area contributed by atoms with Crippen LogP contribution in [0.3, 0.4) is 0 Å². The molecular formula is C28H18ClF2N3. The fourth-order valence-electron chi connectivity index (χ4n) is 4.80. The third-order valence-corrected chi connectivity index (χ3v) is 6.64. The summed E-state index contributed by atoms with van der Waals surface area (Å²) in [6.45, 7) is 0. The maximum atomic E-state index is 14.6. The van der Waals surface area contributed by atoms with Gasteiger partial charge in [-0.3, -0.25) is 4.98 Å². The van der Waals surface area contributed by atoms with Crippen LogP contribution in [0.25, 0.3) is 33.4 Å². The Morgan fingerprint density at radius 1 is 0.882 bits per heavy atom. The number of benzene rings is 3. The molecule has 3 aromatic carbocycles. The van der Waals surface area contributed by atoms with E-state index in [9.17, 15) is 8.78 Å². The van der Waals surface area contributed by atoms with Crippen molar-refractivity contribution < 1.29 is 8.78 Å². The van der Waals surface area contributed by atoms with E-state index >= 15 is 0 Å². The Hall–Kier alpha value is -3.70. The maximum absolute atomic E-state index is 14.6. The number of pyridine rings is 1. The van der Waals surface area contributed by atoms with Crippen LogP contribution in [-0.4, -0.2) is 15.0 Å².